The maximum atomic E-state index is 12.7. The summed E-state index contributed by atoms with van der Waals surface area (Å²) in [6.07, 6.45) is 3.73. The predicted octanol–water partition coefficient (Wildman–Crippen LogP) is 2.75. The Bertz CT molecular complexity index is 607. The molecule has 0 saturated carbocycles. The van der Waals surface area contributed by atoms with E-state index in [1.807, 2.05) is 50.3 Å². The van der Waals surface area contributed by atoms with Crippen LogP contribution in [0, 0.1) is 5.92 Å². The molecular weight excluding hydrogens is 306 g/mol. The number of hydrogen-bond donors (Lipinski definition) is 1. The van der Waals surface area contributed by atoms with E-state index in [0.717, 1.165) is 5.56 Å². The second kappa shape index (κ2) is 9.01. The molecule has 0 aliphatic heterocycles. The molecule has 1 aromatic carbocycles. The van der Waals surface area contributed by atoms with E-state index in [1.165, 1.54) is 14.0 Å². The smallest absolute Gasteiger partial charge is 0.339 e. The topological polar surface area (TPSA) is 72.5 Å². The lowest BCUT2D eigenvalue weighted by Gasteiger charge is -2.29. The summed E-state index contributed by atoms with van der Waals surface area (Å²) < 4.78 is 4.81. The highest BCUT2D eigenvalue weighted by atomic mass is 16.5. The Kier molecular flexibility index (Phi) is 7.36. The molecule has 1 atom stereocenters. The van der Waals surface area contributed by atoms with E-state index in [9.17, 15) is 14.4 Å². The molecule has 130 valence electrons. The molecule has 5 heteroatoms. The normalized spacial score (nSPS) is 13.5. The summed E-state index contributed by atoms with van der Waals surface area (Å²) in [6.45, 7) is 5.04. The third-order valence-electron chi connectivity index (χ3n) is 3.53. The SMILES string of the molecule is COC(=O)[C@](C/C=C/c1ccccc1)(NC(C)=O)C(=O)CC(C)C. The second-order valence-electron chi connectivity index (χ2n) is 6.12. The lowest BCUT2D eigenvalue weighted by molar-refractivity contribution is -0.155. The summed E-state index contributed by atoms with van der Waals surface area (Å²) in [4.78, 5) is 36.7. The van der Waals surface area contributed by atoms with Gasteiger partial charge in [-0.15, -0.1) is 0 Å². The Morgan fingerprint density at radius 2 is 1.83 bits per heavy atom. The van der Waals surface area contributed by atoms with Crippen molar-refractivity contribution in [3.05, 3.63) is 42.0 Å². The molecular formula is C19H25NO4. The van der Waals surface area contributed by atoms with Crippen LogP contribution in [0.3, 0.4) is 0 Å². The van der Waals surface area contributed by atoms with Gasteiger partial charge in [-0.25, -0.2) is 4.79 Å². The number of carbonyl (C=O) groups is 3. The summed E-state index contributed by atoms with van der Waals surface area (Å²) in [5, 5.41) is 2.52. The van der Waals surface area contributed by atoms with Gasteiger partial charge in [0.25, 0.3) is 0 Å². The zero-order valence-electron chi connectivity index (χ0n) is 14.7. The fourth-order valence-electron chi connectivity index (χ4n) is 2.44. The number of esters is 1. The van der Waals surface area contributed by atoms with Crippen molar-refractivity contribution in [2.75, 3.05) is 7.11 Å². The van der Waals surface area contributed by atoms with Crippen molar-refractivity contribution in [2.45, 2.75) is 39.2 Å². The number of nitrogens with one attached hydrogen (secondary N) is 1. The van der Waals surface area contributed by atoms with Gasteiger partial charge in [0.2, 0.25) is 11.4 Å². The van der Waals surface area contributed by atoms with Gasteiger partial charge in [-0.1, -0.05) is 56.3 Å². The van der Waals surface area contributed by atoms with Gasteiger partial charge in [0, 0.05) is 19.8 Å². The van der Waals surface area contributed by atoms with Crippen LogP contribution in [0.15, 0.2) is 36.4 Å². The fourth-order valence-corrected chi connectivity index (χ4v) is 2.44. The summed E-state index contributed by atoms with van der Waals surface area (Å²) in [7, 11) is 1.21. The van der Waals surface area contributed by atoms with Crippen molar-refractivity contribution in [3.8, 4) is 0 Å². The zero-order chi connectivity index (χ0) is 18.2. The minimum atomic E-state index is -1.68. The number of ketones is 1. The number of rotatable bonds is 8. The molecule has 0 spiro atoms. The van der Waals surface area contributed by atoms with Crippen LogP contribution in [0.1, 0.15) is 39.2 Å². The number of amides is 1. The van der Waals surface area contributed by atoms with E-state index in [0.29, 0.717) is 0 Å². The average molecular weight is 331 g/mol. The van der Waals surface area contributed by atoms with Crippen molar-refractivity contribution >= 4 is 23.7 Å². The first-order valence-electron chi connectivity index (χ1n) is 7.94. The first-order chi connectivity index (χ1) is 11.3. The molecule has 1 rings (SSSR count). The highest BCUT2D eigenvalue weighted by Gasteiger charge is 2.46. The Morgan fingerprint density at radius 1 is 1.21 bits per heavy atom. The molecule has 0 aliphatic carbocycles. The van der Waals surface area contributed by atoms with Crippen LogP contribution in [-0.2, 0) is 19.1 Å². The molecule has 1 aromatic rings. The van der Waals surface area contributed by atoms with Gasteiger partial charge in [0.1, 0.15) is 0 Å². The lowest BCUT2D eigenvalue weighted by Crippen LogP contribution is -2.60. The van der Waals surface area contributed by atoms with Crippen molar-refractivity contribution in [2.24, 2.45) is 5.92 Å². The highest BCUT2D eigenvalue weighted by Crippen LogP contribution is 2.21. The van der Waals surface area contributed by atoms with Crippen molar-refractivity contribution in [3.63, 3.8) is 0 Å². The number of benzene rings is 1. The van der Waals surface area contributed by atoms with Crippen LogP contribution < -0.4 is 5.32 Å². The Hall–Kier alpha value is -2.43. The van der Waals surface area contributed by atoms with Gasteiger partial charge in [-0.2, -0.15) is 0 Å². The summed E-state index contributed by atoms with van der Waals surface area (Å²) in [6, 6.07) is 9.50. The summed E-state index contributed by atoms with van der Waals surface area (Å²) >= 11 is 0. The van der Waals surface area contributed by atoms with E-state index >= 15 is 0 Å². The molecule has 5 nitrogen and oxygen atoms in total. The highest BCUT2D eigenvalue weighted by molar-refractivity contribution is 6.11. The van der Waals surface area contributed by atoms with Crippen molar-refractivity contribution in [1.29, 1.82) is 0 Å². The second-order valence-corrected chi connectivity index (χ2v) is 6.12. The van der Waals surface area contributed by atoms with Crippen molar-refractivity contribution < 1.29 is 19.1 Å². The van der Waals surface area contributed by atoms with E-state index in [-0.39, 0.29) is 24.5 Å². The molecule has 1 amide bonds. The van der Waals surface area contributed by atoms with E-state index in [4.69, 9.17) is 4.74 Å². The third-order valence-corrected chi connectivity index (χ3v) is 3.53. The molecule has 0 aromatic heterocycles. The molecule has 0 radical (unpaired) electrons. The zero-order valence-corrected chi connectivity index (χ0v) is 14.7. The van der Waals surface area contributed by atoms with Crippen LogP contribution in [0.2, 0.25) is 0 Å². The molecule has 24 heavy (non-hydrogen) atoms. The fraction of sp³-hybridized carbons (Fsp3) is 0.421. The van der Waals surface area contributed by atoms with Crippen LogP contribution in [0.4, 0.5) is 0 Å². The molecule has 0 fully saturated rings. The number of ether oxygens (including phenoxy) is 1. The number of methoxy groups -OCH3 is 1. The first-order valence-corrected chi connectivity index (χ1v) is 7.94. The molecule has 0 bridgehead atoms. The number of carbonyl (C=O) groups excluding carboxylic acids is 3. The Balaban J connectivity index is 3.13. The minimum absolute atomic E-state index is 0.0414. The van der Waals surface area contributed by atoms with Gasteiger partial charge in [0.15, 0.2) is 5.78 Å². The monoisotopic (exact) mass is 331 g/mol. The van der Waals surface area contributed by atoms with Gasteiger partial charge in [-0.3, -0.25) is 9.59 Å². The lowest BCUT2D eigenvalue weighted by atomic mass is 9.85. The summed E-state index contributed by atoms with van der Waals surface area (Å²) in [5.41, 5.74) is -0.744. The van der Waals surface area contributed by atoms with E-state index in [1.54, 1.807) is 6.08 Å². The third kappa shape index (κ3) is 5.33. The number of Topliss-reactive ketones (excluding diaryl/α,β-unsaturated/α-hetero) is 1. The largest absolute Gasteiger partial charge is 0.467 e. The van der Waals surface area contributed by atoms with Gasteiger partial charge in [-0.05, 0) is 11.5 Å². The molecule has 0 aliphatic rings. The minimum Gasteiger partial charge on any atom is -0.467 e. The van der Waals surface area contributed by atoms with Crippen LogP contribution in [0.5, 0.6) is 0 Å². The van der Waals surface area contributed by atoms with Crippen molar-refractivity contribution in [1.82, 2.24) is 5.32 Å². The maximum Gasteiger partial charge on any atom is 0.339 e. The Labute approximate surface area is 143 Å². The molecule has 0 unspecified atom stereocenters. The standard InChI is InChI=1S/C19H25NO4/c1-14(2)13-17(22)19(18(23)24-4,20-15(3)21)12-8-11-16-9-6-5-7-10-16/h5-11,14H,12-13H2,1-4H3,(H,20,21)/b11-8+/t19-/m1/s1. The van der Waals surface area contributed by atoms with Gasteiger partial charge < -0.3 is 10.1 Å². The predicted molar refractivity (Wildman–Crippen MR) is 93.1 cm³/mol. The van der Waals surface area contributed by atoms with E-state index in [2.05, 4.69) is 5.32 Å². The van der Waals surface area contributed by atoms with Crippen LogP contribution in [-0.4, -0.2) is 30.3 Å². The van der Waals surface area contributed by atoms with Gasteiger partial charge >= 0.3 is 5.97 Å². The van der Waals surface area contributed by atoms with E-state index < -0.39 is 17.4 Å². The molecule has 1 N–H and O–H groups in total. The van der Waals surface area contributed by atoms with Crippen LogP contribution in [0.25, 0.3) is 6.08 Å². The van der Waals surface area contributed by atoms with Gasteiger partial charge in [0.05, 0.1) is 7.11 Å². The first kappa shape index (κ1) is 19.6. The molecule has 0 heterocycles. The summed E-state index contributed by atoms with van der Waals surface area (Å²) in [5.74, 6) is -1.49. The van der Waals surface area contributed by atoms with Crippen LogP contribution >= 0.6 is 0 Å². The quantitative estimate of drug-likeness (QED) is 0.587. The molecule has 0 saturated heterocycles. The Morgan fingerprint density at radius 3 is 2.33 bits per heavy atom. The number of hydrogen-bond acceptors (Lipinski definition) is 4. The average Bonchev–Trinajstić information content (AvgIpc) is 2.53. The maximum absolute atomic E-state index is 12.7.